The minimum absolute atomic E-state index is 0.0427. The predicted octanol–water partition coefficient (Wildman–Crippen LogP) is -0.654. The standard InChI is InChI=1S/C19H36N4O6/c1-7-10(4)14(17(26)21-13(19(28)29)8-9(2)3)22-18(27)15(12(6)24)23-16(25)11(5)20/h9-15,24H,7-8,20H2,1-6H3,(H,21,26)(H,22,27)(H,23,25)(H,28,29). The van der Waals surface area contributed by atoms with Crippen LogP contribution in [0.1, 0.15) is 54.4 Å². The second-order valence-corrected chi connectivity index (χ2v) is 7.92. The van der Waals surface area contributed by atoms with Gasteiger partial charge >= 0.3 is 5.97 Å². The number of carbonyl (C=O) groups is 4. The van der Waals surface area contributed by atoms with Gasteiger partial charge in [0, 0.05) is 0 Å². The molecule has 10 nitrogen and oxygen atoms in total. The van der Waals surface area contributed by atoms with Gasteiger partial charge in [0.15, 0.2) is 0 Å². The number of nitrogens with two attached hydrogens (primary N) is 1. The Labute approximate surface area is 172 Å². The molecule has 0 aromatic heterocycles. The van der Waals surface area contributed by atoms with Crippen LogP contribution >= 0.6 is 0 Å². The molecule has 0 spiro atoms. The van der Waals surface area contributed by atoms with Crippen molar-refractivity contribution in [1.82, 2.24) is 16.0 Å². The lowest BCUT2D eigenvalue weighted by Gasteiger charge is -2.29. The highest BCUT2D eigenvalue weighted by atomic mass is 16.4. The van der Waals surface area contributed by atoms with Crippen LogP contribution in [0.3, 0.4) is 0 Å². The molecule has 0 aromatic carbocycles. The fourth-order valence-corrected chi connectivity index (χ4v) is 2.59. The summed E-state index contributed by atoms with van der Waals surface area (Å²) in [5.41, 5.74) is 5.48. The third-order valence-corrected chi connectivity index (χ3v) is 4.59. The van der Waals surface area contributed by atoms with Crippen molar-refractivity contribution in [3.8, 4) is 0 Å². The molecular weight excluding hydrogens is 380 g/mol. The number of nitrogens with one attached hydrogen (secondary N) is 3. The maximum absolute atomic E-state index is 12.7. The van der Waals surface area contributed by atoms with E-state index in [4.69, 9.17) is 5.73 Å². The van der Waals surface area contributed by atoms with Crippen molar-refractivity contribution in [2.45, 2.75) is 84.7 Å². The smallest absolute Gasteiger partial charge is 0.326 e. The first-order valence-electron chi connectivity index (χ1n) is 9.89. The Morgan fingerprint density at radius 1 is 0.862 bits per heavy atom. The molecule has 0 aliphatic carbocycles. The number of carboxylic acids is 1. The quantitative estimate of drug-likeness (QED) is 0.245. The highest BCUT2D eigenvalue weighted by Gasteiger charge is 2.34. The summed E-state index contributed by atoms with van der Waals surface area (Å²) < 4.78 is 0. The zero-order chi connectivity index (χ0) is 22.9. The van der Waals surface area contributed by atoms with Crippen molar-refractivity contribution in [1.29, 1.82) is 0 Å². The molecule has 0 aromatic rings. The van der Waals surface area contributed by atoms with E-state index in [-0.39, 0.29) is 18.3 Å². The van der Waals surface area contributed by atoms with Crippen molar-refractivity contribution < 1.29 is 29.4 Å². The second kappa shape index (κ2) is 12.4. The Balaban J connectivity index is 5.44. The number of carbonyl (C=O) groups excluding carboxylic acids is 3. The molecule has 0 fully saturated rings. The van der Waals surface area contributed by atoms with E-state index in [0.29, 0.717) is 6.42 Å². The van der Waals surface area contributed by atoms with Gasteiger partial charge in [0.05, 0.1) is 12.1 Å². The summed E-state index contributed by atoms with van der Waals surface area (Å²) in [7, 11) is 0. The molecule has 0 bridgehead atoms. The average molecular weight is 417 g/mol. The number of aliphatic hydroxyl groups is 1. The zero-order valence-electron chi connectivity index (χ0n) is 18.1. The van der Waals surface area contributed by atoms with Gasteiger partial charge in [-0.05, 0) is 32.1 Å². The molecule has 6 unspecified atom stereocenters. The van der Waals surface area contributed by atoms with E-state index in [1.54, 1.807) is 6.92 Å². The molecule has 0 saturated heterocycles. The van der Waals surface area contributed by atoms with Crippen LogP contribution in [0.4, 0.5) is 0 Å². The summed E-state index contributed by atoms with van der Waals surface area (Å²) in [6.45, 7) is 10.00. The fraction of sp³-hybridized carbons (Fsp3) is 0.789. The largest absolute Gasteiger partial charge is 0.480 e. The molecule has 3 amide bonds. The molecule has 6 atom stereocenters. The van der Waals surface area contributed by atoms with Gasteiger partial charge in [-0.2, -0.15) is 0 Å². The number of rotatable bonds is 12. The van der Waals surface area contributed by atoms with E-state index in [1.165, 1.54) is 13.8 Å². The molecular formula is C19H36N4O6. The number of amides is 3. The van der Waals surface area contributed by atoms with Crippen LogP contribution in [0.2, 0.25) is 0 Å². The lowest BCUT2D eigenvalue weighted by Crippen LogP contribution is -2.60. The third kappa shape index (κ3) is 9.23. The Morgan fingerprint density at radius 3 is 1.72 bits per heavy atom. The summed E-state index contributed by atoms with van der Waals surface area (Å²) in [6, 6.07) is -4.31. The van der Waals surface area contributed by atoms with Gasteiger partial charge in [-0.1, -0.05) is 34.1 Å². The van der Waals surface area contributed by atoms with Crippen molar-refractivity contribution >= 4 is 23.7 Å². The number of hydrogen-bond donors (Lipinski definition) is 6. The molecule has 29 heavy (non-hydrogen) atoms. The molecule has 0 radical (unpaired) electrons. The first-order chi connectivity index (χ1) is 13.3. The predicted molar refractivity (Wildman–Crippen MR) is 108 cm³/mol. The number of carboxylic acid groups (broad SMARTS) is 1. The lowest BCUT2D eigenvalue weighted by atomic mass is 9.96. The maximum Gasteiger partial charge on any atom is 0.326 e. The molecule has 0 heterocycles. The van der Waals surface area contributed by atoms with Crippen molar-refractivity contribution in [2.75, 3.05) is 0 Å². The monoisotopic (exact) mass is 416 g/mol. The highest BCUT2D eigenvalue weighted by Crippen LogP contribution is 2.11. The van der Waals surface area contributed by atoms with Gasteiger partial charge in [0.1, 0.15) is 18.1 Å². The summed E-state index contributed by atoms with van der Waals surface area (Å²) in [5.74, 6) is -3.45. The van der Waals surface area contributed by atoms with Crippen molar-refractivity contribution in [2.24, 2.45) is 17.6 Å². The van der Waals surface area contributed by atoms with Gasteiger partial charge in [-0.15, -0.1) is 0 Å². The topological polar surface area (TPSA) is 171 Å². The van der Waals surface area contributed by atoms with Gasteiger partial charge in [-0.25, -0.2) is 4.79 Å². The van der Waals surface area contributed by atoms with Crippen LogP contribution in [-0.4, -0.2) is 64.2 Å². The number of hydrogen-bond acceptors (Lipinski definition) is 6. The van der Waals surface area contributed by atoms with Crippen molar-refractivity contribution in [3.05, 3.63) is 0 Å². The molecule has 0 rings (SSSR count). The first-order valence-corrected chi connectivity index (χ1v) is 9.89. The SMILES string of the molecule is CCC(C)C(NC(=O)C(NC(=O)C(C)N)C(C)O)C(=O)NC(CC(C)C)C(=O)O. The van der Waals surface area contributed by atoms with Crippen LogP contribution in [0, 0.1) is 11.8 Å². The Bertz CT molecular complexity index is 579. The Morgan fingerprint density at radius 2 is 1.34 bits per heavy atom. The number of aliphatic carboxylic acids is 1. The highest BCUT2D eigenvalue weighted by molar-refractivity contribution is 5.94. The maximum atomic E-state index is 12.7. The van der Waals surface area contributed by atoms with Crippen LogP contribution in [-0.2, 0) is 19.2 Å². The molecule has 168 valence electrons. The zero-order valence-corrected chi connectivity index (χ0v) is 18.1. The second-order valence-electron chi connectivity index (χ2n) is 7.92. The molecule has 0 aliphatic rings. The summed E-state index contributed by atoms with van der Waals surface area (Å²) in [4.78, 5) is 48.7. The summed E-state index contributed by atoms with van der Waals surface area (Å²) >= 11 is 0. The molecule has 0 aliphatic heterocycles. The third-order valence-electron chi connectivity index (χ3n) is 4.59. The van der Waals surface area contributed by atoms with Crippen LogP contribution in [0.15, 0.2) is 0 Å². The van der Waals surface area contributed by atoms with E-state index < -0.39 is 54.0 Å². The van der Waals surface area contributed by atoms with Crippen molar-refractivity contribution in [3.63, 3.8) is 0 Å². The number of aliphatic hydroxyl groups excluding tert-OH is 1. The van der Waals surface area contributed by atoms with Gasteiger partial charge in [-0.3, -0.25) is 14.4 Å². The van der Waals surface area contributed by atoms with E-state index in [9.17, 15) is 29.4 Å². The van der Waals surface area contributed by atoms with Crippen LogP contribution < -0.4 is 21.7 Å². The molecule has 10 heteroatoms. The average Bonchev–Trinajstić information content (AvgIpc) is 2.61. The molecule has 0 saturated carbocycles. The minimum Gasteiger partial charge on any atom is -0.480 e. The normalized spacial score (nSPS) is 17.4. The Kier molecular flexibility index (Phi) is 11.4. The van der Waals surface area contributed by atoms with Crippen LogP contribution in [0.5, 0.6) is 0 Å². The van der Waals surface area contributed by atoms with E-state index >= 15 is 0 Å². The summed E-state index contributed by atoms with van der Waals surface area (Å²) in [5, 5.41) is 26.6. The van der Waals surface area contributed by atoms with Gasteiger partial charge < -0.3 is 31.9 Å². The van der Waals surface area contributed by atoms with E-state index in [0.717, 1.165) is 0 Å². The summed E-state index contributed by atoms with van der Waals surface area (Å²) in [6.07, 6.45) is -0.458. The van der Waals surface area contributed by atoms with Crippen LogP contribution in [0.25, 0.3) is 0 Å². The fourth-order valence-electron chi connectivity index (χ4n) is 2.59. The lowest BCUT2D eigenvalue weighted by molar-refractivity contribution is -0.143. The Hall–Kier alpha value is -2.20. The first kappa shape index (κ1) is 26.8. The van der Waals surface area contributed by atoms with E-state index in [2.05, 4.69) is 16.0 Å². The van der Waals surface area contributed by atoms with Gasteiger partial charge in [0.2, 0.25) is 17.7 Å². The molecule has 7 N–H and O–H groups in total. The van der Waals surface area contributed by atoms with E-state index in [1.807, 2.05) is 20.8 Å². The minimum atomic E-state index is -1.31. The van der Waals surface area contributed by atoms with Gasteiger partial charge in [0.25, 0.3) is 0 Å².